The molecule has 2 aromatic carbocycles. The number of aromatic amines is 1. The van der Waals surface area contributed by atoms with Gasteiger partial charge in [-0.05, 0) is 29.8 Å². The summed E-state index contributed by atoms with van der Waals surface area (Å²) in [5.74, 6) is 0.666. The first-order chi connectivity index (χ1) is 11.3. The van der Waals surface area contributed by atoms with Crippen LogP contribution in [0.25, 0.3) is 11.3 Å². The Morgan fingerprint density at radius 3 is 2.57 bits per heavy atom. The molecule has 0 aliphatic rings. The molecule has 23 heavy (non-hydrogen) atoms. The summed E-state index contributed by atoms with van der Waals surface area (Å²) in [4.78, 5) is 0. The van der Waals surface area contributed by atoms with E-state index in [0.29, 0.717) is 23.6 Å². The quantitative estimate of drug-likeness (QED) is 0.799. The van der Waals surface area contributed by atoms with Crippen molar-refractivity contribution in [2.75, 3.05) is 0 Å². The second-order valence-electron chi connectivity index (χ2n) is 4.76. The molecule has 1 N–H and O–H groups in total. The van der Waals surface area contributed by atoms with Crippen LogP contribution in [0.1, 0.15) is 16.8 Å². The zero-order chi connectivity index (χ0) is 16.1. The van der Waals surface area contributed by atoms with Crippen molar-refractivity contribution in [1.82, 2.24) is 15.4 Å². The number of aromatic nitrogens is 3. The summed E-state index contributed by atoms with van der Waals surface area (Å²) < 4.78 is 5.75. The van der Waals surface area contributed by atoms with Gasteiger partial charge >= 0.3 is 0 Å². The van der Waals surface area contributed by atoms with Gasteiger partial charge < -0.3 is 4.74 Å². The molecule has 110 valence electrons. The highest BCUT2D eigenvalue weighted by Crippen LogP contribution is 2.24. The van der Waals surface area contributed by atoms with Crippen molar-refractivity contribution in [1.29, 1.82) is 10.5 Å². The Hall–Kier alpha value is -3.64. The van der Waals surface area contributed by atoms with Crippen LogP contribution < -0.4 is 4.74 Å². The monoisotopic (exact) mass is 301 g/mol. The fraction of sp³-hybridized carbons (Fsp3) is 0.0588. The average molecular weight is 301 g/mol. The number of nitrogens with zero attached hydrogens (tertiary/aromatic N) is 4. The van der Waals surface area contributed by atoms with E-state index in [9.17, 15) is 0 Å². The van der Waals surface area contributed by atoms with Crippen LogP contribution in [0.5, 0.6) is 5.75 Å². The summed E-state index contributed by atoms with van der Waals surface area (Å²) in [6, 6.07) is 18.6. The number of benzene rings is 2. The van der Waals surface area contributed by atoms with E-state index in [1.165, 1.54) is 0 Å². The zero-order valence-electron chi connectivity index (χ0n) is 12.0. The molecule has 0 saturated carbocycles. The molecule has 0 unspecified atom stereocenters. The Balaban J connectivity index is 1.75. The maximum atomic E-state index is 9.01. The molecular formula is C17H11N5O. The smallest absolute Gasteiger partial charge is 0.190 e. The first-order valence-corrected chi connectivity index (χ1v) is 6.83. The van der Waals surface area contributed by atoms with Gasteiger partial charge in [0.2, 0.25) is 0 Å². The van der Waals surface area contributed by atoms with Crippen molar-refractivity contribution in [2.45, 2.75) is 6.61 Å². The second-order valence-corrected chi connectivity index (χ2v) is 4.76. The second kappa shape index (κ2) is 6.42. The summed E-state index contributed by atoms with van der Waals surface area (Å²) in [6.07, 6.45) is 0. The van der Waals surface area contributed by atoms with Crippen LogP contribution in [0.2, 0.25) is 0 Å². The van der Waals surface area contributed by atoms with Crippen molar-refractivity contribution in [2.24, 2.45) is 0 Å². The first kappa shape index (κ1) is 14.3. The maximum absolute atomic E-state index is 9.01. The Labute approximate surface area is 132 Å². The van der Waals surface area contributed by atoms with E-state index in [0.717, 1.165) is 11.1 Å². The third-order valence-corrected chi connectivity index (χ3v) is 3.25. The molecule has 6 heteroatoms. The number of nitrogens with one attached hydrogen (secondary N) is 1. The molecule has 0 atom stereocenters. The lowest BCUT2D eigenvalue weighted by atomic mass is 10.1. The van der Waals surface area contributed by atoms with E-state index in [-0.39, 0.29) is 5.69 Å². The molecule has 0 fully saturated rings. The van der Waals surface area contributed by atoms with Gasteiger partial charge in [0, 0.05) is 5.56 Å². The number of ether oxygens (including phenoxy) is 1. The fourth-order valence-corrected chi connectivity index (χ4v) is 2.09. The van der Waals surface area contributed by atoms with E-state index in [1.54, 1.807) is 12.1 Å². The predicted molar refractivity (Wildman–Crippen MR) is 82.0 cm³/mol. The van der Waals surface area contributed by atoms with Gasteiger partial charge in [-0.25, -0.2) is 0 Å². The van der Waals surface area contributed by atoms with Crippen LogP contribution >= 0.6 is 0 Å². The van der Waals surface area contributed by atoms with Crippen LogP contribution in [0, 0.1) is 22.7 Å². The Kier molecular flexibility index (Phi) is 3.99. The van der Waals surface area contributed by atoms with Crippen molar-refractivity contribution < 1.29 is 4.74 Å². The van der Waals surface area contributed by atoms with Gasteiger partial charge in [-0.15, -0.1) is 5.10 Å². The van der Waals surface area contributed by atoms with Crippen molar-refractivity contribution in [3.05, 3.63) is 65.4 Å². The van der Waals surface area contributed by atoms with Gasteiger partial charge in [0.05, 0.1) is 11.6 Å². The highest BCUT2D eigenvalue weighted by atomic mass is 16.5. The largest absolute Gasteiger partial charge is 0.489 e. The average Bonchev–Trinajstić information content (AvgIpc) is 3.09. The maximum Gasteiger partial charge on any atom is 0.190 e. The Bertz CT molecular complexity index is 900. The molecule has 0 aliphatic heterocycles. The van der Waals surface area contributed by atoms with Crippen molar-refractivity contribution in [3.8, 4) is 29.1 Å². The highest BCUT2D eigenvalue weighted by molar-refractivity contribution is 5.65. The van der Waals surface area contributed by atoms with Gasteiger partial charge in [0.25, 0.3) is 0 Å². The Morgan fingerprint density at radius 1 is 1.00 bits per heavy atom. The van der Waals surface area contributed by atoms with Gasteiger partial charge in [-0.1, -0.05) is 24.3 Å². The van der Waals surface area contributed by atoms with E-state index in [4.69, 9.17) is 15.3 Å². The lowest BCUT2D eigenvalue weighted by molar-refractivity contribution is 0.306. The molecule has 0 aliphatic carbocycles. The lowest BCUT2D eigenvalue weighted by Crippen LogP contribution is -1.95. The van der Waals surface area contributed by atoms with E-state index in [1.807, 2.05) is 42.5 Å². The van der Waals surface area contributed by atoms with E-state index in [2.05, 4.69) is 21.5 Å². The topological polar surface area (TPSA) is 98.4 Å². The summed E-state index contributed by atoms with van der Waals surface area (Å²) in [6.45, 7) is 0.388. The Morgan fingerprint density at radius 2 is 1.83 bits per heavy atom. The predicted octanol–water partition coefficient (Wildman–Crippen LogP) is 2.79. The molecule has 1 aromatic heterocycles. The third-order valence-electron chi connectivity index (χ3n) is 3.25. The van der Waals surface area contributed by atoms with E-state index >= 15 is 0 Å². The zero-order valence-corrected chi connectivity index (χ0v) is 12.0. The SMILES string of the molecule is N#Cc1ccc(COc2cccc(-c3n[nH]nc3C#N)c2)cc1. The normalized spacial score (nSPS) is 9.83. The van der Waals surface area contributed by atoms with Crippen LogP contribution in [0.15, 0.2) is 48.5 Å². The highest BCUT2D eigenvalue weighted by Gasteiger charge is 2.10. The molecule has 3 rings (SSSR count). The minimum Gasteiger partial charge on any atom is -0.489 e. The number of H-pyrrole nitrogens is 1. The number of hydrogen-bond donors (Lipinski definition) is 1. The summed E-state index contributed by atoms with van der Waals surface area (Å²) in [7, 11) is 0. The molecule has 1 heterocycles. The molecule has 6 nitrogen and oxygen atoms in total. The van der Waals surface area contributed by atoms with Crippen molar-refractivity contribution >= 4 is 0 Å². The molecule has 0 amide bonds. The van der Waals surface area contributed by atoms with Gasteiger partial charge in [-0.3, -0.25) is 0 Å². The molecule has 0 spiro atoms. The molecule has 3 aromatic rings. The number of nitriles is 2. The molecule has 0 bridgehead atoms. The molecule has 0 saturated heterocycles. The standard InChI is InChI=1S/C17H11N5O/c18-9-12-4-6-13(7-5-12)11-23-15-3-1-2-14(8-15)17-16(10-19)20-22-21-17/h1-8H,11H2,(H,20,21,22). The van der Waals surface area contributed by atoms with Gasteiger partial charge in [0.1, 0.15) is 24.1 Å². The van der Waals surface area contributed by atoms with Crippen LogP contribution in [-0.4, -0.2) is 15.4 Å². The van der Waals surface area contributed by atoms with E-state index < -0.39 is 0 Å². The fourth-order valence-electron chi connectivity index (χ4n) is 2.09. The van der Waals surface area contributed by atoms with Crippen LogP contribution in [-0.2, 0) is 6.61 Å². The number of rotatable bonds is 4. The van der Waals surface area contributed by atoms with Gasteiger partial charge in [-0.2, -0.15) is 20.8 Å². The first-order valence-electron chi connectivity index (χ1n) is 6.83. The van der Waals surface area contributed by atoms with Crippen LogP contribution in [0.3, 0.4) is 0 Å². The van der Waals surface area contributed by atoms with Crippen LogP contribution in [0.4, 0.5) is 0 Å². The minimum atomic E-state index is 0.245. The molecule has 0 radical (unpaired) electrons. The van der Waals surface area contributed by atoms with Crippen molar-refractivity contribution in [3.63, 3.8) is 0 Å². The van der Waals surface area contributed by atoms with Gasteiger partial charge in [0.15, 0.2) is 5.69 Å². The lowest BCUT2D eigenvalue weighted by Gasteiger charge is -2.07. The summed E-state index contributed by atoms with van der Waals surface area (Å²) in [5, 5.41) is 28.0. The third kappa shape index (κ3) is 3.17. The summed E-state index contributed by atoms with van der Waals surface area (Å²) >= 11 is 0. The summed E-state index contributed by atoms with van der Waals surface area (Å²) in [5.41, 5.74) is 3.08. The minimum absolute atomic E-state index is 0.245. The number of hydrogen-bond acceptors (Lipinski definition) is 5. The molecular weight excluding hydrogens is 290 g/mol.